The first kappa shape index (κ1) is 23.2. The third-order valence-corrected chi connectivity index (χ3v) is 4.50. The molecule has 4 N–H and O–H groups in total. The number of hydrogen-bond acceptors (Lipinski definition) is 5. The Bertz CT molecular complexity index is 862. The predicted molar refractivity (Wildman–Crippen MR) is 110 cm³/mol. The Hall–Kier alpha value is -3.10. The Labute approximate surface area is 178 Å². The lowest BCUT2D eigenvalue weighted by Crippen LogP contribution is -2.44. The number of aliphatic hydroxyl groups excluding tert-OH is 1. The summed E-state index contributed by atoms with van der Waals surface area (Å²) in [5.74, 6) is -1.89. The molecule has 2 aromatic rings. The number of nitrogens with one attached hydrogen (secondary N) is 2. The Kier molecular flexibility index (Phi) is 9.11. The topological polar surface area (TPSA) is 125 Å². The maximum Gasteiger partial charge on any atom is 0.407 e. The van der Waals surface area contributed by atoms with E-state index in [0.717, 1.165) is 5.56 Å². The van der Waals surface area contributed by atoms with Crippen LogP contribution in [-0.2, 0) is 27.4 Å². The number of ether oxygens (including phenoxy) is 1. The summed E-state index contributed by atoms with van der Waals surface area (Å²) >= 11 is 6.03. The summed E-state index contributed by atoms with van der Waals surface area (Å²) in [6, 6.07) is 14.6. The van der Waals surface area contributed by atoms with E-state index >= 15 is 0 Å². The van der Waals surface area contributed by atoms with Crippen molar-refractivity contribution >= 4 is 29.6 Å². The predicted octanol–water partition coefficient (Wildman–Crippen LogP) is 2.13. The molecule has 2 atom stereocenters. The number of halogens is 1. The molecular formula is C21H23ClN2O6. The van der Waals surface area contributed by atoms with Gasteiger partial charge in [0.1, 0.15) is 12.6 Å². The summed E-state index contributed by atoms with van der Waals surface area (Å²) in [5, 5.41) is 24.4. The molecule has 0 aromatic heterocycles. The molecule has 0 spiro atoms. The van der Waals surface area contributed by atoms with Gasteiger partial charge in [0.05, 0.1) is 12.5 Å². The highest BCUT2D eigenvalue weighted by molar-refractivity contribution is 6.31. The molecular weight excluding hydrogens is 412 g/mol. The van der Waals surface area contributed by atoms with Gasteiger partial charge in [0.25, 0.3) is 0 Å². The van der Waals surface area contributed by atoms with Crippen LogP contribution in [0.4, 0.5) is 4.79 Å². The smallest absolute Gasteiger partial charge is 0.407 e. The van der Waals surface area contributed by atoms with Gasteiger partial charge in [0, 0.05) is 18.0 Å². The van der Waals surface area contributed by atoms with Gasteiger partial charge in [-0.3, -0.25) is 4.79 Å². The molecule has 30 heavy (non-hydrogen) atoms. The second kappa shape index (κ2) is 11.8. The summed E-state index contributed by atoms with van der Waals surface area (Å²) in [5.41, 5.74) is 1.39. The SMILES string of the molecule is O=C(C[C@@H](O)CNC(=O)OCc1ccccc1)N[C@H](Cc1ccccc1Cl)C(=O)O. The van der Waals surface area contributed by atoms with E-state index in [1.165, 1.54) is 0 Å². The number of alkyl carbamates (subject to hydrolysis) is 1. The molecule has 0 fully saturated rings. The lowest BCUT2D eigenvalue weighted by Gasteiger charge is -2.17. The van der Waals surface area contributed by atoms with Gasteiger partial charge in [-0.05, 0) is 17.2 Å². The van der Waals surface area contributed by atoms with E-state index in [1.54, 1.807) is 36.4 Å². The van der Waals surface area contributed by atoms with E-state index in [2.05, 4.69) is 10.6 Å². The Morgan fingerprint density at radius 2 is 1.70 bits per heavy atom. The monoisotopic (exact) mass is 434 g/mol. The summed E-state index contributed by atoms with van der Waals surface area (Å²) in [6.07, 6.45) is -2.32. The number of benzene rings is 2. The minimum absolute atomic E-state index is 0.000897. The normalized spacial score (nSPS) is 12.5. The molecule has 160 valence electrons. The fourth-order valence-corrected chi connectivity index (χ4v) is 2.81. The average Bonchev–Trinajstić information content (AvgIpc) is 2.72. The van der Waals surface area contributed by atoms with Crippen molar-refractivity contribution in [1.82, 2.24) is 10.6 Å². The highest BCUT2D eigenvalue weighted by Crippen LogP contribution is 2.17. The van der Waals surface area contributed by atoms with Crippen LogP contribution in [0.3, 0.4) is 0 Å². The van der Waals surface area contributed by atoms with Gasteiger partial charge < -0.3 is 25.6 Å². The van der Waals surface area contributed by atoms with Crippen molar-refractivity contribution in [2.75, 3.05) is 6.54 Å². The van der Waals surface area contributed by atoms with Crippen LogP contribution in [0.2, 0.25) is 5.02 Å². The minimum atomic E-state index is -1.22. The van der Waals surface area contributed by atoms with E-state index < -0.39 is 30.1 Å². The molecule has 2 rings (SSSR count). The largest absolute Gasteiger partial charge is 0.480 e. The first-order valence-electron chi connectivity index (χ1n) is 9.23. The molecule has 0 saturated carbocycles. The van der Waals surface area contributed by atoms with Crippen LogP contribution >= 0.6 is 11.6 Å². The maximum atomic E-state index is 12.1. The summed E-state index contributed by atoms with van der Waals surface area (Å²) < 4.78 is 5.01. The number of carbonyl (C=O) groups excluding carboxylic acids is 2. The van der Waals surface area contributed by atoms with E-state index in [-0.39, 0.29) is 26.0 Å². The van der Waals surface area contributed by atoms with Gasteiger partial charge in [0.2, 0.25) is 5.91 Å². The van der Waals surface area contributed by atoms with Gasteiger partial charge in [-0.25, -0.2) is 9.59 Å². The van der Waals surface area contributed by atoms with Gasteiger partial charge in [-0.1, -0.05) is 60.1 Å². The Morgan fingerprint density at radius 1 is 1.03 bits per heavy atom. The Morgan fingerprint density at radius 3 is 2.37 bits per heavy atom. The fourth-order valence-electron chi connectivity index (χ4n) is 2.60. The Balaban J connectivity index is 1.74. The van der Waals surface area contributed by atoms with Crippen LogP contribution < -0.4 is 10.6 Å². The number of rotatable bonds is 10. The van der Waals surface area contributed by atoms with E-state index in [1.807, 2.05) is 18.2 Å². The molecule has 0 unspecified atom stereocenters. The number of carbonyl (C=O) groups is 3. The van der Waals surface area contributed by atoms with Crippen molar-refractivity contribution in [3.63, 3.8) is 0 Å². The highest BCUT2D eigenvalue weighted by Gasteiger charge is 2.23. The molecule has 8 nitrogen and oxygen atoms in total. The van der Waals surface area contributed by atoms with E-state index in [9.17, 15) is 24.6 Å². The van der Waals surface area contributed by atoms with Gasteiger partial charge in [-0.2, -0.15) is 0 Å². The zero-order chi connectivity index (χ0) is 21.9. The third kappa shape index (κ3) is 8.10. The van der Waals surface area contributed by atoms with Crippen molar-refractivity contribution < 1.29 is 29.3 Å². The van der Waals surface area contributed by atoms with Crippen LogP contribution in [0, 0.1) is 0 Å². The van der Waals surface area contributed by atoms with Gasteiger partial charge in [-0.15, -0.1) is 0 Å². The molecule has 0 aliphatic heterocycles. The number of amides is 2. The minimum Gasteiger partial charge on any atom is -0.480 e. The van der Waals surface area contributed by atoms with Gasteiger partial charge >= 0.3 is 12.1 Å². The van der Waals surface area contributed by atoms with E-state index in [4.69, 9.17) is 16.3 Å². The quantitative estimate of drug-likeness (QED) is 0.454. The molecule has 0 bridgehead atoms. The van der Waals surface area contributed by atoms with Crippen molar-refractivity contribution in [3.8, 4) is 0 Å². The van der Waals surface area contributed by atoms with Crippen molar-refractivity contribution in [2.45, 2.75) is 31.6 Å². The van der Waals surface area contributed by atoms with E-state index in [0.29, 0.717) is 10.6 Å². The number of carboxylic acid groups (broad SMARTS) is 1. The standard InChI is InChI=1S/C21H23ClN2O6/c22-17-9-5-4-8-15(17)10-18(20(27)28)24-19(26)11-16(25)12-23-21(29)30-13-14-6-2-1-3-7-14/h1-9,16,18,25H,10-13H2,(H,23,29)(H,24,26)(H,27,28)/t16-,18-/m1/s1. The first-order chi connectivity index (χ1) is 14.3. The molecule has 0 saturated heterocycles. The fraction of sp³-hybridized carbons (Fsp3) is 0.286. The lowest BCUT2D eigenvalue weighted by molar-refractivity contribution is -0.142. The lowest BCUT2D eigenvalue weighted by atomic mass is 10.1. The molecule has 0 radical (unpaired) electrons. The summed E-state index contributed by atoms with van der Waals surface area (Å²) in [4.78, 5) is 35.2. The molecule has 0 aliphatic rings. The molecule has 0 aliphatic carbocycles. The zero-order valence-corrected chi connectivity index (χ0v) is 16.8. The zero-order valence-electron chi connectivity index (χ0n) is 16.1. The van der Waals surface area contributed by atoms with Crippen LogP contribution in [0.1, 0.15) is 17.5 Å². The van der Waals surface area contributed by atoms with Crippen molar-refractivity contribution in [1.29, 1.82) is 0 Å². The van der Waals surface area contributed by atoms with Gasteiger partial charge in [0.15, 0.2) is 0 Å². The summed E-state index contributed by atoms with van der Waals surface area (Å²) in [7, 11) is 0. The van der Waals surface area contributed by atoms with Crippen LogP contribution in [0.5, 0.6) is 0 Å². The van der Waals surface area contributed by atoms with Crippen LogP contribution in [0.15, 0.2) is 54.6 Å². The van der Waals surface area contributed by atoms with Crippen LogP contribution in [0.25, 0.3) is 0 Å². The number of carboxylic acids is 1. The number of hydrogen-bond donors (Lipinski definition) is 4. The average molecular weight is 435 g/mol. The molecule has 2 aromatic carbocycles. The summed E-state index contributed by atoms with van der Waals surface area (Å²) in [6.45, 7) is -0.144. The second-order valence-electron chi connectivity index (χ2n) is 6.55. The van der Waals surface area contributed by atoms with Crippen LogP contribution in [-0.4, -0.2) is 46.9 Å². The molecule has 0 heterocycles. The van der Waals surface area contributed by atoms with Crippen molar-refractivity contribution in [2.24, 2.45) is 0 Å². The molecule has 9 heteroatoms. The first-order valence-corrected chi connectivity index (χ1v) is 9.61. The second-order valence-corrected chi connectivity index (χ2v) is 6.96. The molecule has 2 amide bonds. The maximum absolute atomic E-state index is 12.1. The number of aliphatic carboxylic acids is 1. The van der Waals surface area contributed by atoms with Crippen molar-refractivity contribution in [3.05, 3.63) is 70.7 Å². The highest BCUT2D eigenvalue weighted by atomic mass is 35.5. The number of aliphatic hydroxyl groups is 1. The third-order valence-electron chi connectivity index (χ3n) is 4.13.